The first-order chi connectivity index (χ1) is 23.4. The molecule has 1 aliphatic heterocycles. The molecule has 5 nitrogen and oxygen atoms in total. The van der Waals surface area contributed by atoms with Crippen molar-refractivity contribution in [1.82, 2.24) is 14.8 Å². The molecule has 0 bridgehead atoms. The summed E-state index contributed by atoms with van der Waals surface area (Å²) in [5.41, 5.74) is 17.7. The van der Waals surface area contributed by atoms with Gasteiger partial charge < -0.3 is 21.4 Å². The van der Waals surface area contributed by atoms with Gasteiger partial charge in [-0.05, 0) is 56.8 Å². The van der Waals surface area contributed by atoms with E-state index in [1.54, 1.807) is 0 Å². The van der Waals surface area contributed by atoms with Gasteiger partial charge in [-0.2, -0.15) is 0 Å². The van der Waals surface area contributed by atoms with E-state index in [0.29, 0.717) is 0 Å². The van der Waals surface area contributed by atoms with Crippen molar-refractivity contribution >= 4 is 53.3 Å². The SMILES string of the molecule is CC.CN(C(N)C1=CC=CCC1)C(N)C1C=CC=CN1.Cc1ccccc1.Cn1c2ccccc2c2ccc3c4ccccc4sc3c21. The predicted molar refractivity (Wildman–Crippen MR) is 211 cm³/mol. The summed E-state index contributed by atoms with van der Waals surface area (Å²) in [6.07, 6.45) is 16.1. The Morgan fingerprint density at radius 1 is 0.812 bits per heavy atom. The number of benzene rings is 4. The van der Waals surface area contributed by atoms with E-state index in [1.807, 2.05) is 73.7 Å². The van der Waals surface area contributed by atoms with Gasteiger partial charge in [-0.1, -0.05) is 129 Å². The molecule has 0 radical (unpaired) electrons. The van der Waals surface area contributed by atoms with Crippen molar-refractivity contribution in [3.05, 3.63) is 145 Å². The molecule has 3 heterocycles. The van der Waals surface area contributed by atoms with Gasteiger partial charge in [0, 0.05) is 38.8 Å². The second kappa shape index (κ2) is 16.6. The highest BCUT2D eigenvalue weighted by Crippen LogP contribution is 2.41. The minimum absolute atomic E-state index is 0.103. The van der Waals surface area contributed by atoms with Gasteiger partial charge in [-0.15, -0.1) is 11.3 Å². The number of hydrogen-bond acceptors (Lipinski definition) is 5. The predicted octanol–water partition coefficient (Wildman–Crippen LogP) is 9.53. The number of fused-ring (bicyclic) bond motifs is 7. The van der Waals surface area contributed by atoms with Crippen LogP contribution in [-0.4, -0.2) is 34.9 Å². The highest BCUT2D eigenvalue weighted by Gasteiger charge is 2.25. The van der Waals surface area contributed by atoms with Crippen molar-refractivity contribution in [2.75, 3.05) is 7.05 Å². The zero-order valence-electron chi connectivity index (χ0n) is 28.8. The van der Waals surface area contributed by atoms with Gasteiger partial charge in [0.15, 0.2) is 0 Å². The fourth-order valence-corrected chi connectivity index (χ4v) is 7.50. The van der Waals surface area contributed by atoms with Gasteiger partial charge in [0.1, 0.15) is 0 Å². The van der Waals surface area contributed by atoms with Gasteiger partial charge in [-0.25, -0.2) is 0 Å². The van der Waals surface area contributed by atoms with E-state index in [4.69, 9.17) is 11.5 Å². The maximum atomic E-state index is 6.27. The van der Waals surface area contributed by atoms with Crippen LogP contribution in [0.3, 0.4) is 0 Å². The van der Waals surface area contributed by atoms with Crippen molar-refractivity contribution in [2.45, 2.75) is 52.0 Å². The van der Waals surface area contributed by atoms with E-state index in [-0.39, 0.29) is 18.4 Å². The molecule has 0 spiro atoms. The fourth-order valence-electron chi connectivity index (χ4n) is 6.22. The van der Waals surface area contributed by atoms with E-state index in [9.17, 15) is 0 Å². The number of dihydropyridines is 1. The van der Waals surface area contributed by atoms with Crippen molar-refractivity contribution < 1.29 is 0 Å². The fraction of sp³-hybridized carbons (Fsp3) is 0.238. The Hall–Kier alpha value is -4.46. The van der Waals surface area contributed by atoms with E-state index in [0.717, 1.165) is 12.8 Å². The zero-order valence-corrected chi connectivity index (χ0v) is 29.6. The summed E-state index contributed by atoms with van der Waals surface area (Å²) in [4.78, 5) is 2.02. The molecular weight excluding hydrogens is 607 g/mol. The number of nitrogens with zero attached hydrogens (tertiary/aromatic N) is 2. The van der Waals surface area contributed by atoms with Crippen LogP contribution < -0.4 is 16.8 Å². The lowest BCUT2D eigenvalue weighted by Gasteiger charge is -2.36. The number of likely N-dealkylation sites (N-methyl/N-ethyl adjacent to an activating group) is 1. The lowest BCUT2D eigenvalue weighted by atomic mass is 10.0. The van der Waals surface area contributed by atoms with E-state index in [1.165, 1.54) is 53.1 Å². The van der Waals surface area contributed by atoms with Crippen LogP contribution in [0.25, 0.3) is 42.0 Å². The van der Waals surface area contributed by atoms with Crippen LogP contribution in [0, 0.1) is 6.92 Å². The molecule has 248 valence electrons. The van der Waals surface area contributed by atoms with Gasteiger partial charge in [0.05, 0.1) is 28.6 Å². The Labute approximate surface area is 289 Å². The number of nitrogens with two attached hydrogens (primary N) is 2. The number of hydrogen-bond donors (Lipinski definition) is 3. The minimum Gasteiger partial charge on any atom is -0.382 e. The number of aryl methyl sites for hydroxylation is 2. The Morgan fingerprint density at radius 2 is 1.50 bits per heavy atom. The van der Waals surface area contributed by atoms with E-state index in [2.05, 4.69) is 121 Å². The molecule has 0 saturated heterocycles. The third kappa shape index (κ3) is 7.64. The van der Waals surface area contributed by atoms with E-state index < -0.39 is 0 Å². The van der Waals surface area contributed by atoms with Gasteiger partial charge in [-0.3, -0.25) is 4.90 Å². The summed E-state index contributed by atoms with van der Waals surface area (Å²) in [5, 5.41) is 8.67. The molecule has 48 heavy (non-hydrogen) atoms. The molecule has 0 fully saturated rings. The first-order valence-electron chi connectivity index (χ1n) is 16.9. The molecule has 1 aliphatic carbocycles. The van der Waals surface area contributed by atoms with Crippen LogP contribution in [0.2, 0.25) is 0 Å². The molecule has 4 aromatic carbocycles. The normalized spacial score (nSPS) is 16.3. The molecule has 6 aromatic rings. The first kappa shape index (κ1) is 34.9. The van der Waals surface area contributed by atoms with Crippen molar-refractivity contribution in [3.63, 3.8) is 0 Å². The maximum Gasteiger partial charge on any atom is 0.0829 e. The number of allylic oxidation sites excluding steroid dienone is 5. The minimum atomic E-state index is -0.145. The van der Waals surface area contributed by atoms with Crippen molar-refractivity contribution in [2.24, 2.45) is 18.5 Å². The van der Waals surface area contributed by atoms with Gasteiger partial charge >= 0.3 is 0 Å². The summed E-state index contributed by atoms with van der Waals surface area (Å²) >= 11 is 1.90. The zero-order chi connectivity index (χ0) is 34.0. The highest BCUT2D eigenvalue weighted by molar-refractivity contribution is 7.26. The Balaban J connectivity index is 0.000000152. The third-order valence-electron chi connectivity index (χ3n) is 8.87. The Kier molecular flexibility index (Phi) is 12.0. The summed E-state index contributed by atoms with van der Waals surface area (Å²) in [5.74, 6) is 0. The van der Waals surface area contributed by atoms with E-state index >= 15 is 0 Å². The molecule has 2 aliphatic rings. The second-order valence-corrected chi connectivity index (χ2v) is 13.0. The average Bonchev–Trinajstić information content (AvgIpc) is 3.68. The van der Waals surface area contributed by atoms with Crippen molar-refractivity contribution in [1.29, 1.82) is 0 Å². The topological polar surface area (TPSA) is 72.2 Å². The molecule has 0 amide bonds. The quantitative estimate of drug-likeness (QED) is 0.166. The van der Waals surface area contributed by atoms with Crippen LogP contribution in [0.15, 0.2) is 139 Å². The number of para-hydroxylation sites is 1. The summed E-state index contributed by atoms with van der Waals surface area (Å²) in [6.45, 7) is 6.08. The second-order valence-electron chi connectivity index (χ2n) is 11.9. The summed E-state index contributed by atoms with van der Waals surface area (Å²) in [6, 6.07) is 32.3. The molecular formula is C42H49N5S. The number of thiophene rings is 1. The molecule has 2 aromatic heterocycles. The smallest absolute Gasteiger partial charge is 0.0829 e. The lowest BCUT2D eigenvalue weighted by Crippen LogP contribution is -2.58. The standard InChI is InChI=1S/C19H13NS.C14H22N4.C7H8.C2H6/c1-20-16-8-4-2-6-12(16)14-10-11-15-13-7-3-5-9-17(13)21-19(15)18(14)20;1-18(13(15)11-7-3-2-4-8-11)14(16)12-9-5-6-10-17-12;1-7-5-3-2-4-6-7;1-2/h2-11H,1H3;2-3,5-7,9-10,12-14,17H,4,8,15-16H2,1H3;2-6H,1H3;1-2H3. The van der Waals surface area contributed by atoms with Crippen LogP contribution in [0.5, 0.6) is 0 Å². The molecule has 3 atom stereocenters. The maximum absolute atomic E-state index is 6.27. The van der Waals surface area contributed by atoms with Crippen molar-refractivity contribution in [3.8, 4) is 0 Å². The van der Waals surface area contributed by atoms with Gasteiger partial charge in [0.2, 0.25) is 0 Å². The molecule has 3 unspecified atom stereocenters. The monoisotopic (exact) mass is 655 g/mol. The first-order valence-corrected chi connectivity index (χ1v) is 17.7. The molecule has 0 saturated carbocycles. The highest BCUT2D eigenvalue weighted by atomic mass is 32.1. The Bertz CT molecular complexity index is 2060. The van der Waals surface area contributed by atoms with Crippen LogP contribution in [-0.2, 0) is 7.05 Å². The lowest BCUT2D eigenvalue weighted by molar-refractivity contribution is 0.178. The molecule has 8 rings (SSSR count). The Morgan fingerprint density at radius 3 is 2.17 bits per heavy atom. The largest absolute Gasteiger partial charge is 0.382 e. The van der Waals surface area contributed by atoms with Gasteiger partial charge in [0.25, 0.3) is 0 Å². The van der Waals surface area contributed by atoms with Crippen LogP contribution in [0.4, 0.5) is 0 Å². The van der Waals surface area contributed by atoms with Crippen LogP contribution >= 0.6 is 11.3 Å². The number of rotatable bonds is 4. The van der Waals surface area contributed by atoms with Crippen LogP contribution in [0.1, 0.15) is 32.3 Å². The summed E-state index contributed by atoms with van der Waals surface area (Å²) < 4.78 is 5.10. The molecule has 5 N–H and O–H groups in total. The number of aromatic nitrogens is 1. The molecule has 6 heteroatoms. The third-order valence-corrected chi connectivity index (χ3v) is 10.1. The number of nitrogens with one attached hydrogen (secondary N) is 1. The average molecular weight is 656 g/mol. The summed E-state index contributed by atoms with van der Waals surface area (Å²) in [7, 11) is 4.15.